The average Bonchev–Trinajstić information content (AvgIpc) is 1.56. The molecule has 0 atom stereocenters. The van der Waals surface area contributed by atoms with Gasteiger partial charge in [-0.15, -0.1) is 0 Å². The Balaban J connectivity index is 0.000000141. The molecule has 0 spiro atoms. The fraction of sp³-hybridized carbons (Fsp3) is 0.0732. The van der Waals surface area contributed by atoms with Crippen molar-refractivity contribution in [1.82, 2.24) is 9.13 Å². The van der Waals surface area contributed by atoms with Gasteiger partial charge in [-0.25, -0.2) is 0 Å². The Hall–Kier alpha value is -16.0. The molecule has 0 aliphatic heterocycles. The summed E-state index contributed by atoms with van der Waals surface area (Å²) in [6.45, 7) is 14.3. The highest BCUT2D eigenvalue weighted by atomic mass is 16.3. The monoisotopic (exact) mass is 1650 g/mol. The van der Waals surface area contributed by atoms with Crippen molar-refractivity contribution in [3.63, 3.8) is 0 Å². The molecule has 26 rings (SSSR count). The molecule has 0 bridgehead atoms. The molecule has 0 unspecified atom stereocenters. The molecule has 4 heterocycles. The van der Waals surface area contributed by atoms with Crippen LogP contribution in [0.15, 0.2) is 433 Å². The van der Waals surface area contributed by atoms with Crippen LogP contribution in [0.5, 0.6) is 0 Å². The SMILES string of the molecule is CC1(C)c2cc(-c3ccccc3)ccc2-c2ccc(N(c3ccc(-c4ccc5oc6ccccc6c5c4)cc3)c3ccc4c(c3)c3ccccc3n4-c3ccccc3)cc21.CC1(C)c2cc(-c3ccccc3)ccc2-c2ccc(N(c3ccc(-c4cccc5c4oc4ccccc45)cc3)c3ccc4c(c3)C(C)(C)c3cc(-n5c6ccccc6c6ccccc65)ccc3-4)cc21. The quantitative estimate of drug-likeness (QED) is 0.122. The molecule has 612 valence electrons. The second-order valence-corrected chi connectivity index (χ2v) is 36.7. The van der Waals surface area contributed by atoms with Crippen LogP contribution >= 0.6 is 0 Å². The van der Waals surface area contributed by atoms with Crippen LogP contribution < -0.4 is 9.80 Å². The van der Waals surface area contributed by atoms with Gasteiger partial charge >= 0.3 is 0 Å². The van der Waals surface area contributed by atoms with Crippen molar-refractivity contribution in [2.45, 2.75) is 57.8 Å². The van der Waals surface area contributed by atoms with Crippen LogP contribution in [0.25, 0.3) is 177 Å². The maximum atomic E-state index is 6.52. The minimum atomic E-state index is -0.256. The van der Waals surface area contributed by atoms with Gasteiger partial charge in [0.2, 0.25) is 0 Å². The lowest BCUT2D eigenvalue weighted by Gasteiger charge is -2.30. The highest BCUT2D eigenvalue weighted by Gasteiger charge is 2.41. The second-order valence-electron chi connectivity index (χ2n) is 36.7. The molecule has 3 aliphatic carbocycles. The lowest BCUT2D eigenvalue weighted by molar-refractivity contribution is 0.659. The second kappa shape index (κ2) is 29.0. The largest absolute Gasteiger partial charge is 0.456 e. The number of hydrogen-bond donors (Lipinski definition) is 0. The number of para-hydroxylation sites is 7. The molecule has 0 saturated heterocycles. The van der Waals surface area contributed by atoms with E-state index in [1.54, 1.807) is 0 Å². The fourth-order valence-corrected chi connectivity index (χ4v) is 21.9. The minimum absolute atomic E-state index is 0.191. The van der Waals surface area contributed by atoms with Crippen molar-refractivity contribution < 1.29 is 8.83 Å². The van der Waals surface area contributed by atoms with Crippen molar-refractivity contribution in [3.05, 3.63) is 458 Å². The van der Waals surface area contributed by atoms with E-state index < -0.39 is 0 Å². The third kappa shape index (κ3) is 11.9. The van der Waals surface area contributed by atoms with Crippen molar-refractivity contribution in [3.8, 4) is 89.3 Å². The molecule has 0 amide bonds. The summed E-state index contributed by atoms with van der Waals surface area (Å²) in [5.74, 6) is 0. The van der Waals surface area contributed by atoms with Crippen LogP contribution in [0.3, 0.4) is 0 Å². The number of anilines is 6. The number of benzene rings is 19. The van der Waals surface area contributed by atoms with Gasteiger partial charge in [-0.1, -0.05) is 308 Å². The van der Waals surface area contributed by atoms with Crippen molar-refractivity contribution in [2.75, 3.05) is 9.80 Å². The van der Waals surface area contributed by atoms with Crippen molar-refractivity contribution in [1.29, 1.82) is 0 Å². The van der Waals surface area contributed by atoms with Gasteiger partial charge in [0.1, 0.15) is 22.3 Å². The molecule has 0 radical (unpaired) electrons. The molecule has 4 aromatic heterocycles. The molecule has 3 aliphatic rings. The first-order valence-corrected chi connectivity index (χ1v) is 44.9. The van der Waals surface area contributed by atoms with E-state index in [2.05, 4.69) is 467 Å². The topological polar surface area (TPSA) is 42.6 Å². The Morgan fingerprint density at radius 1 is 0.186 bits per heavy atom. The van der Waals surface area contributed by atoms with E-state index in [1.165, 1.54) is 138 Å². The number of nitrogens with zero attached hydrogens (tertiary/aromatic N) is 4. The summed E-state index contributed by atoms with van der Waals surface area (Å²) in [6.07, 6.45) is 0. The van der Waals surface area contributed by atoms with Crippen molar-refractivity contribution in [2.24, 2.45) is 0 Å². The molecule has 19 aromatic carbocycles. The summed E-state index contributed by atoms with van der Waals surface area (Å²) < 4.78 is 17.5. The lowest BCUT2D eigenvalue weighted by Crippen LogP contribution is -2.18. The van der Waals surface area contributed by atoms with Crippen LogP contribution in [-0.2, 0) is 16.2 Å². The molecule has 6 heteroatoms. The van der Waals surface area contributed by atoms with Gasteiger partial charge in [0.25, 0.3) is 0 Å². The van der Waals surface area contributed by atoms with Gasteiger partial charge in [-0.05, 0) is 263 Å². The van der Waals surface area contributed by atoms with E-state index in [-0.39, 0.29) is 16.2 Å². The van der Waals surface area contributed by atoms with Crippen molar-refractivity contribution >= 4 is 122 Å². The number of furan rings is 2. The Bertz CT molecular complexity index is 8460. The van der Waals surface area contributed by atoms with Gasteiger partial charge < -0.3 is 27.8 Å². The van der Waals surface area contributed by atoms with Gasteiger partial charge in [0, 0.05) is 110 Å². The molecule has 23 aromatic rings. The summed E-state index contributed by atoms with van der Waals surface area (Å²) >= 11 is 0. The summed E-state index contributed by atoms with van der Waals surface area (Å²) in [5, 5.41) is 9.54. The fourth-order valence-electron chi connectivity index (χ4n) is 21.9. The maximum absolute atomic E-state index is 6.52. The van der Waals surface area contributed by atoms with Gasteiger partial charge in [-0.3, -0.25) is 0 Å². The Kier molecular flexibility index (Phi) is 17.0. The minimum Gasteiger partial charge on any atom is -0.456 e. The maximum Gasteiger partial charge on any atom is 0.143 e. The van der Waals surface area contributed by atoms with Crippen LogP contribution in [0.4, 0.5) is 34.1 Å². The zero-order chi connectivity index (χ0) is 86.1. The summed E-state index contributed by atoms with van der Waals surface area (Å²) in [7, 11) is 0. The average molecular weight is 1650 g/mol. The van der Waals surface area contributed by atoms with E-state index >= 15 is 0 Å². The van der Waals surface area contributed by atoms with Gasteiger partial charge in [0.15, 0.2) is 0 Å². The first-order valence-electron chi connectivity index (χ1n) is 44.9. The third-order valence-electron chi connectivity index (χ3n) is 28.4. The number of fused-ring (bicyclic) bond motifs is 21. The summed E-state index contributed by atoms with van der Waals surface area (Å²) in [5.41, 5.74) is 42.3. The molecule has 0 fully saturated rings. The molecule has 6 nitrogen and oxygen atoms in total. The standard InChI is InChI=1S/C66H48N2O.C57H40N2O/c1-65(2)57-37-43(41-15-6-5-7-16-41)27-33-49(57)50-34-30-45(38-58(50)65)67(44-28-25-42(26-29-44)48-20-14-21-56-55-19-10-13-24-63(55)69-64(48)56)46-31-35-51-52-36-32-47(40-60(52)66(3,4)59(51)39-46)68-61-22-11-8-17-53(61)54-18-9-12-23-62(54)68;1-57(2)51-34-40(37-13-5-3-6-14-37)23-29-45(51)46-30-27-44(36-52(46)57)58(42-25-21-38(22-26-42)39-24-32-56-50(33-39)48-18-10-12-20-55(48)60-56)43-28-31-54-49(35-43)47-17-9-11-19-53(47)59(54)41-15-7-4-8-16-41/h5-40H,1-4H3;3-36H,1-2H3. The normalized spacial score (nSPS) is 13.5. The first kappa shape index (κ1) is 75.5. The predicted molar refractivity (Wildman–Crippen MR) is 540 cm³/mol. The zero-order valence-electron chi connectivity index (χ0n) is 72.5. The Labute approximate surface area is 749 Å². The van der Waals surface area contributed by atoms with Crippen LogP contribution in [0.1, 0.15) is 74.9 Å². The lowest BCUT2D eigenvalue weighted by atomic mass is 9.81. The Morgan fingerprint density at radius 3 is 1.04 bits per heavy atom. The molecule has 0 saturated carbocycles. The van der Waals surface area contributed by atoms with E-state index in [0.717, 1.165) is 106 Å². The third-order valence-corrected chi connectivity index (χ3v) is 28.4. The highest BCUT2D eigenvalue weighted by Crippen LogP contribution is 2.57. The van der Waals surface area contributed by atoms with E-state index in [0.29, 0.717) is 0 Å². The van der Waals surface area contributed by atoms with Crippen LogP contribution in [0, 0.1) is 0 Å². The zero-order valence-corrected chi connectivity index (χ0v) is 72.5. The van der Waals surface area contributed by atoms with Gasteiger partial charge in [0.05, 0.1) is 22.1 Å². The number of rotatable bonds is 12. The smallest absolute Gasteiger partial charge is 0.143 e. The van der Waals surface area contributed by atoms with Crippen LogP contribution in [0.2, 0.25) is 0 Å². The summed E-state index contributed by atoms with van der Waals surface area (Å²) in [4.78, 5) is 4.89. The predicted octanol–water partition coefficient (Wildman–Crippen LogP) is 33.9. The number of hydrogen-bond acceptors (Lipinski definition) is 4. The summed E-state index contributed by atoms with van der Waals surface area (Å²) in [6, 6.07) is 156. The Morgan fingerprint density at radius 2 is 0.519 bits per heavy atom. The first-order chi connectivity index (χ1) is 63.2. The molecule has 129 heavy (non-hydrogen) atoms. The van der Waals surface area contributed by atoms with E-state index in [4.69, 9.17) is 8.83 Å². The number of aromatic nitrogens is 2. The molecular weight excluding hydrogens is 1570 g/mol. The van der Waals surface area contributed by atoms with Crippen LogP contribution in [-0.4, -0.2) is 9.13 Å². The molecule has 0 N–H and O–H groups in total. The van der Waals surface area contributed by atoms with Gasteiger partial charge in [-0.2, -0.15) is 0 Å². The van der Waals surface area contributed by atoms with E-state index in [1.807, 2.05) is 18.2 Å². The van der Waals surface area contributed by atoms with E-state index in [9.17, 15) is 0 Å². The highest BCUT2D eigenvalue weighted by molar-refractivity contribution is 6.13. The molecular formula is C123H88N4O2.